The summed E-state index contributed by atoms with van der Waals surface area (Å²) >= 11 is 0. The lowest BCUT2D eigenvalue weighted by Gasteiger charge is -2.17. The summed E-state index contributed by atoms with van der Waals surface area (Å²) in [5.41, 5.74) is 7.07. The van der Waals surface area contributed by atoms with E-state index < -0.39 is 0 Å². The first-order chi connectivity index (χ1) is 11.7. The summed E-state index contributed by atoms with van der Waals surface area (Å²) in [6.07, 6.45) is 2.23. The quantitative estimate of drug-likeness (QED) is 0.792. The van der Waals surface area contributed by atoms with E-state index in [0.29, 0.717) is 23.8 Å². The summed E-state index contributed by atoms with van der Waals surface area (Å²) in [7, 11) is 0. The highest BCUT2D eigenvalue weighted by Crippen LogP contribution is 2.32. The van der Waals surface area contributed by atoms with Gasteiger partial charge in [-0.25, -0.2) is 4.39 Å². The summed E-state index contributed by atoms with van der Waals surface area (Å²) in [6.45, 7) is 0.711. The molecule has 134 valence electrons. The van der Waals surface area contributed by atoms with Crippen molar-refractivity contribution in [2.45, 2.75) is 25.5 Å². The van der Waals surface area contributed by atoms with Gasteiger partial charge in [0.05, 0.1) is 5.56 Å². The van der Waals surface area contributed by atoms with Gasteiger partial charge >= 0.3 is 0 Å². The number of nitrogens with one attached hydrogen (secondary N) is 1. The Morgan fingerprint density at radius 1 is 1.20 bits per heavy atom. The van der Waals surface area contributed by atoms with E-state index in [1.54, 1.807) is 30.3 Å². The Morgan fingerprint density at radius 3 is 2.52 bits per heavy atom. The van der Waals surface area contributed by atoms with Gasteiger partial charge < -0.3 is 15.8 Å². The molecule has 0 spiro atoms. The molecule has 0 aromatic heterocycles. The third-order valence-corrected chi connectivity index (χ3v) is 4.20. The van der Waals surface area contributed by atoms with Crippen molar-refractivity contribution < 1.29 is 13.9 Å². The predicted octanol–water partition coefficient (Wildman–Crippen LogP) is 3.29. The average molecular weight is 365 g/mol. The van der Waals surface area contributed by atoms with Gasteiger partial charge in [-0.2, -0.15) is 0 Å². The van der Waals surface area contributed by atoms with Crippen LogP contribution in [0.5, 0.6) is 5.75 Å². The lowest BCUT2D eigenvalue weighted by Crippen LogP contribution is -2.41. The molecule has 1 amide bonds. The van der Waals surface area contributed by atoms with Gasteiger partial charge in [-0.15, -0.1) is 12.4 Å². The number of para-hydroxylation sites is 1. The topological polar surface area (TPSA) is 64.3 Å². The van der Waals surface area contributed by atoms with Crippen molar-refractivity contribution in [1.82, 2.24) is 5.32 Å². The first kappa shape index (κ1) is 19.2. The molecule has 1 aliphatic rings. The van der Waals surface area contributed by atoms with Crippen LogP contribution in [0.25, 0.3) is 0 Å². The lowest BCUT2D eigenvalue weighted by atomic mass is 10.1. The number of carbonyl (C=O) groups excluding carboxylic acids is 1. The normalized spacial score (nSPS) is 14.3. The predicted molar refractivity (Wildman–Crippen MR) is 97.5 cm³/mol. The second kappa shape index (κ2) is 8.83. The summed E-state index contributed by atoms with van der Waals surface area (Å²) in [5, 5.41) is 3.00. The van der Waals surface area contributed by atoms with E-state index in [9.17, 15) is 9.18 Å². The molecule has 1 aliphatic carbocycles. The molecule has 0 saturated heterocycles. The van der Waals surface area contributed by atoms with Crippen LogP contribution < -0.4 is 15.8 Å². The monoisotopic (exact) mass is 364 g/mol. The summed E-state index contributed by atoms with van der Waals surface area (Å²) in [4.78, 5) is 12.5. The molecule has 0 aliphatic heterocycles. The van der Waals surface area contributed by atoms with Crippen molar-refractivity contribution in [1.29, 1.82) is 0 Å². The Balaban J connectivity index is 0.00000225. The third-order valence-electron chi connectivity index (χ3n) is 4.20. The molecule has 1 atom stereocenters. The first-order valence-electron chi connectivity index (χ1n) is 8.14. The number of benzene rings is 2. The molecule has 2 aromatic carbocycles. The Labute approximate surface area is 153 Å². The van der Waals surface area contributed by atoms with Crippen molar-refractivity contribution in [2.24, 2.45) is 11.7 Å². The van der Waals surface area contributed by atoms with Crippen molar-refractivity contribution in [3.8, 4) is 5.75 Å². The molecular weight excluding hydrogens is 343 g/mol. The molecule has 3 N–H and O–H groups in total. The van der Waals surface area contributed by atoms with E-state index in [1.165, 1.54) is 12.1 Å². The van der Waals surface area contributed by atoms with Crippen LogP contribution in [-0.4, -0.2) is 18.5 Å². The highest BCUT2D eigenvalue weighted by molar-refractivity contribution is 5.97. The zero-order valence-corrected chi connectivity index (χ0v) is 14.6. The third kappa shape index (κ3) is 5.18. The highest BCUT2D eigenvalue weighted by atomic mass is 35.5. The highest BCUT2D eigenvalue weighted by Gasteiger charge is 2.31. The molecule has 1 fully saturated rings. The van der Waals surface area contributed by atoms with E-state index in [4.69, 9.17) is 10.5 Å². The van der Waals surface area contributed by atoms with Crippen molar-refractivity contribution in [3.05, 3.63) is 65.5 Å². The maximum atomic E-state index is 12.9. The van der Waals surface area contributed by atoms with Gasteiger partial charge in [-0.05, 0) is 48.6 Å². The van der Waals surface area contributed by atoms with Gasteiger partial charge in [0, 0.05) is 12.6 Å². The van der Waals surface area contributed by atoms with Gasteiger partial charge in [0.25, 0.3) is 5.91 Å². The lowest BCUT2D eigenvalue weighted by molar-refractivity contribution is 0.0929. The second-order valence-electron chi connectivity index (χ2n) is 6.06. The molecule has 1 saturated carbocycles. The fourth-order valence-electron chi connectivity index (χ4n) is 2.64. The number of hydrogen-bond acceptors (Lipinski definition) is 3. The zero-order chi connectivity index (χ0) is 16.9. The van der Waals surface area contributed by atoms with E-state index in [0.717, 1.165) is 18.4 Å². The Hall–Kier alpha value is -2.11. The molecule has 25 heavy (non-hydrogen) atoms. The number of amides is 1. The molecule has 0 radical (unpaired) electrons. The Bertz CT molecular complexity index is 705. The summed E-state index contributed by atoms with van der Waals surface area (Å²) in [5.74, 6) is 0.538. The summed E-state index contributed by atoms with van der Waals surface area (Å²) < 4.78 is 18.7. The van der Waals surface area contributed by atoms with Crippen molar-refractivity contribution in [2.75, 3.05) is 6.54 Å². The second-order valence-corrected chi connectivity index (χ2v) is 6.06. The van der Waals surface area contributed by atoms with Crippen LogP contribution in [0.15, 0.2) is 48.5 Å². The SMILES string of the molecule is Cl.NCC(NC(=O)c1ccccc1OCc1ccc(F)cc1)C1CC1. The van der Waals surface area contributed by atoms with E-state index >= 15 is 0 Å². The minimum Gasteiger partial charge on any atom is -0.488 e. The van der Waals surface area contributed by atoms with Crippen LogP contribution in [0.4, 0.5) is 4.39 Å². The molecule has 0 heterocycles. The average Bonchev–Trinajstić information content (AvgIpc) is 3.44. The van der Waals surface area contributed by atoms with E-state index in [1.807, 2.05) is 6.07 Å². The molecule has 6 heteroatoms. The molecule has 4 nitrogen and oxygen atoms in total. The fourth-order valence-corrected chi connectivity index (χ4v) is 2.64. The molecular formula is C19H22ClFN2O2. The zero-order valence-electron chi connectivity index (χ0n) is 13.8. The molecule has 2 aromatic rings. The first-order valence-corrected chi connectivity index (χ1v) is 8.14. The van der Waals surface area contributed by atoms with Crippen LogP contribution in [0.3, 0.4) is 0 Å². The number of rotatable bonds is 7. The van der Waals surface area contributed by atoms with Crippen LogP contribution in [0, 0.1) is 11.7 Å². The number of carbonyl (C=O) groups is 1. The van der Waals surface area contributed by atoms with Crippen molar-refractivity contribution in [3.63, 3.8) is 0 Å². The van der Waals surface area contributed by atoms with Crippen LogP contribution >= 0.6 is 12.4 Å². The van der Waals surface area contributed by atoms with Crippen molar-refractivity contribution >= 4 is 18.3 Å². The summed E-state index contributed by atoms with van der Waals surface area (Å²) in [6, 6.07) is 13.2. The standard InChI is InChI=1S/C19H21FN2O2.ClH/c20-15-9-5-13(6-10-15)12-24-18-4-2-1-3-16(18)19(23)22-17(11-21)14-7-8-14;/h1-6,9-10,14,17H,7-8,11-12,21H2,(H,22,23);1H. The van der Waals surface area contributed by atoms with Gasteiger partial charge in [0.2, 0.25) is 0 Å². The number of nitrogens with two attached hydrogens (primary N) is 1. The smallest absolute Gasteiger partial charge is 0.255 e. The van der Waals surface area contributed by atoms with Crippen LogP contribution in [0.1, 0.15) is 28.8 Å². The Morgan fingerprint density at radius 2 is 1.88 bits per heavy atom. The minimum absolute atomic E-state index is 0. The molecule has 1 unspecified atom stereocenters. The van der Waals surface area contributed by atoms with E-state index in [2.05, 4.69) is 5.32 Å². The van der Waals surface area contributed by atoms with Gasteiger partial charge in [-0.3, -0.25) is 4.79 Å². The number of hydrogen-bond donors (Lipinski definition) is 2. The molecule has 0 bridgehead atoms. The largest absolute Gasteiger partial charge is 0.488 e. The number of ether oxygens (including phenoxy) is 1. The Kier molecular flexibility index (Phi) is 6.79. The van der Waals surface area contributed by atoms with Gasteiger partial charge in [-0.1, -0.05) is 24.3 Å². The van der Waals surface area contributed by atoms with Gasteiger partial charge in [0.1, 0.15) is 18.2 Å². The number of halogens is 2. The fraction of sp³-hybridized carbons (Fsp3) is 0.316. The van der Waals surface area contributed by atoms with Crippen LogP contribution in [-0.2, 0) is 6.61 Å². The van der Waals surface area contributed by atoms with Crippen LogP contribution in [0.2, 0.25) is 0 Å². The molecule has 3 rings (SSSR count). The van der Waals surface area contributed by atoms with E-state index in [-0.39, 0.29) is 36.8 Å². The maximum absolute atomic E-state index is 12.9. The minimum atomic E-state index is -0.286. The maximum Gasteiger partial charge on any atom is 0.255 e. The van der Waals surface area contributed by atoms with Gasteiger partial charge in [0.15, 0.2) is 0 Å².